The molecule has 0 spiro atoms. The lowest BCUT2D eigenvalue weighted by Crippen LogP contribution is -2.21. The van der Waals surface area contributed by atoms with Crippen molar-refractivity contribution in [3.63, 3.8) is 0 Å². The zero-order valence-corrected chi connectivity index (χ0v) is 14.4. The van der Waals surface area contributed by atoms with E-state index < -0.39 is 30.4 Å². The topological polar surface area (TPSA) is 108 Å². The number of esters is 3. The van der Waals surface area contributed by atoms with Gasteiger partial charge in [0.15, 0.2) is 6.61 Å². The van der Waals surface area contributed by atoms with Crippen LogP contribution >= 0.6 is 11.3 Å². The fraction of sp³-hybridized carbons (Fsp3) is 0.333. The third-order valence-electron chi connectivity index (χ3n) is 2.81. The first-order valence-electron chi connectivity index (χ1n) is 6.75. The Morgan fingerprint density at radius 1 is 1.12 bits per heavy atom. The van der Waals surface area contributed by atoms with Crippen molar-refractivity contribution < 1.29 is 33.4 Å². The summed E-state index contributed by atoms with van der Waals surface area (Å²) in [6.07, 6.45) is 2.64. The molecule has 8 nitrogen and oxygen atoms in total. The summed E-state index contributed by atoms with van der Waals surface area (Å²) in [6.45, 7) is 2.64. The van der Waals surface area contributed by atoms with E-state index in [4.69, 9.17) is 4.74 Å². The van der Waals surface area contributed by atoms with Crippen LogP contribution in [-0.2, 0) is 23.8 Å². The molecule has 24 heavy (non-hydrogen) atoms. The van der Waals surface area contributed by atoms with Crippen molar-refractivity contribution in [1.82, 2.24) is 0 Å². The van der Waals surface area contributed by atoms with Crippen LogP contribution in [0.15, 0.2) is 12.2 Å². The highest BCUT2D eigenvalue weighted by Gasteiger charge is 2.26. The first-order chi connectivity index (χ1) is 11.3. The maximum Gasteiger partial charge on any atom is 0.348 e. The van der Waals surface area contributed by atoms with Crippen LogP contribution in [0.1, 0.15) is 32.5 Å². The summed E-state index contributed by atoms with van der Waals surface area (Å²) in [5.41, 5.74) is 0.385. The monoisotopic (exact) mass is 355 g/mol. The van der Waals surface area contributed by atoms with Crippen molar-refractivity contribution in [2.45, 2.75) is 13.8 Å². The van der Waals surface area contributed by atoms with Crippen molar-refractivity contribution in [3.8, 4) is 0 Å². The number of hydrogen-bond donors (Lipinski definition) is 1. The van der Waals surface area contributed by atoms with E-state index in [1.54, 1.807) is 6.92 Å². The molecule has 1 heterocycles. The first kappa shape index (κ1) is 19.4. The molecule has 1 N–H and O–H groups in total. The maximum atomic E-state index is 11.9. The molecule has 1 amide bonds. The summed E-state index contributed by atoms with van der Waals surface area (Å²) in [4.78, 5) is 46.9. The molecule has 0 aliphatic carbocycles. The van der Waals surface area contributed by atoms with Crippen LogP contribution in [-0.4, -0.2) is 44.6 Å². The van der Waals surface area contributed by atoms with E-state index in [9.17, 15) is 19.2 Å². The average molecular weight is 355 g/mol. The number of nitrogens with one attached hydrogen (secondary N) is 1. The predicted molar refractivity (Wildman–Crippen MR) is 86.1 cm³/mol. The Balaban J connectivity index is 3.01. The number of hydrogen-bond acceptors (Lipinski definition) is 8. The molecular formula is C15H17NO7S. The summed E-state index contributed by atoms with van der Waals surface area (Å²) >= 11 is 0.874. The zero-order valence-electron chi connectivity index (χ0n) is 13.6. The molecular weight excluding hydrogens is 338 g/mol. The zero-order chi connectivity index (χ0) is 18.3. The van der Waals surface area contributed by atoms with Gasteiger partial charge in [0.1, 0.15) is 9.88 Å². The fourth-order valence-electron chi connectivity index (χ4n) is 1.72. The van der Waals surface area contributed by atoms with E-state index in [1.807, 2.05) is 0 Å². The third-order valence-corrected chi connectivity index (χ3v) is 4.00. The number of carbonyl (C=O) groups excluding carboxylic acids is 4. The summed E-state index contributed by atoms with van der Waals surface area (Å²) in [6, 6.07) is 0. The van der Waals surface area contributed by atoms with Gasteiger partial charge in [0.05, 0.1) is 19.8 Å². The normalized spacial score (nSPS) is 10.3. The van der Waals surface area contributed by atoms with Crippen LogP contribution in [0.5, 0.6) is 0 Å². The molecule has 1 aromatic rings. The molecule has 0 saturated carbocycles. The van der Waals surface area contributed by atoms with Crippen LogP contribution < -0.4 is 5.32 Å². The molecule has 0 bridgehead atoms. The standard InChI is InChI=1S/C15H17NO7S/c1-5-6-10(18)23-7-9(17)16-13-11(14(19)21-3)8(2)12(24-13)15(20)22-4/h5-6H,7H2,1-4H3,(H,16,17). The van der Waals surface area contributed by atoms with E-state index in [1.165, 1.54) is 27.2 Å². The van der Waals surface area contributed by atoms with Crippen molar-refractivity contribution in [1.29, 1.82) is 0 Å². The molecule has 0 aliphatic heterocycles. The lowest BCUT2D eigenvalue weighted by molar-refractivity contribution is -0.142. The highest BCUT2D eigenvalue weighted by atomic mass is 32.1. The molecule has 0 atom stereocenters. The molecule has 0 aliphatic rings. The number of amides is 1. The summed E-state index contributed by atoms with van der Waals surface area (Å²) in [5, 5.41) is 2.55. The summed E-state index contributed by atoms with van der Waals surface area (Å²) in [5.74, 6) is -2.67. The Bertz CT molecular complexity index is 690. The number of thiophene rings is 1. The van der Waals surface area contributed by atoms with E-state index in [0.29, 0.717) is 5.56 Å². The molecule has 130 valence electrons. The van der Waals surface area contributed by atoms with E-state index >= 15 is 0 Å². The Hall–Kier alpha value is -2.68. The lowest BCUT2D eigenvalue weighted by atomic mass is 10.1. The number of allylic oxidation sites excluding steroid dienone is 1. The maximum absolute atomic E-state index is 11.9. The lowest BCUT2D eigenvalue weighted by Gasteiger charge is -2.06. The predicted octanol–water partition coefficient (Wildman–Crippen LogP) is 1.69. The van der Waals surface area contributed by atoms with Gasteiger partial charge < -0.3 is 19.5 Å². The number of anilines is 1. The van der Waals surface area contributed by atoms with Crippen molar-refractivity contribution in [3.05, 3.63) is 28.2 Å². The Labute approximate surface area is 142 Å². The Morgan fingerprint density at radius 2 is 1.75 bits per heavy atom. The van der Waals surface area contributed by atoms with Gasteiger partial charge in [-0.15, -0.1) is 11.3 Å². The van der Waals surface area contributed by atoms with Crippen LogP contribution in [0.4, 0.5) is 5.00 Å². The minimum atomic E-state index is -0.708. The molecule has 0 aromatic carbocycles. The molecule has 9 heteroatoms. The van der Waals surface area contributed by atoms with Crippen molar-refractivity contribution >= 4 is 40.2 Å². The van der Waals surface area contributed by atoms with Crippen LogP contribution in [0.25, 0.3) is 0 Å². The Kier molecular flexibility index (Phi) is 7.12. The van der Waals surface area contributed by atoms with Crippen LogP contribution in [0, 0.1) is 6.92 Å². The van der Waals surface area contributed by atoms with Gasteiger partial charge in [-0.05, 0) is 19.4 Å². The number of carbonyl (C=O) groups is 4. The SMILES string of the molecule is CC=CC(=O)OCC(=O)Nc1sc(C(=O)OC)c(C)c1C(=O)OC. The van der Waals surface area contributed by atoms with Gasteiger partial charge in [-0.3, -0.25) is 4.79 Å². The van der Waals surface area contributed by atoms with Gasteiger partial charge in [-0.25, -0.2) is 14.4 Å². The smallest absolute Gasteiger partial charge is 0.348 e. The minimum Gasteiger partial charge on any atom is -0.465 e. The summed E-state index contributed by atoms with van der Waals surface area (Å²) < 4.78 is 14.0. The second-order valence-electron chi connectivity index (χ2n) is 4.40. The Morgan fingerprint density at radius 3 is 2.29 bits per heavy atom. The van der Waals surface area contributed by atoms with E-state index in [-0.39, 0.29) is 15.4 Å². The molecule has 1 rings (SSSR count). The van der Waals surface area contributed by atoms with Crippen LogP contribution in [0.2, 0.25) is 0 Å². The van der Waals surface area contributed by atoms with E-state index in [2.05, 4.69) is 14.8 Å². The number of rotatable bonds is 6. The fourth-order valence-corrected chi connectivity index (χ4v) is 2.85. The van der Waals surface area contributed by atoms with Crippen LogP contribution in [0.3, 0.4) is 0 Å². The molecule has 1 aromatic heterocycles. The van der Waals surface area contributed by atoms with Crippen molar-refractivity contribution in [2.24, 2.45) is 0 Å². The van der Waals surface area contributed by atoms with Gasteiger partial charge in [0.2, 0.25) is 0 Å². The quantitative estimate of drug-likeness (QED) is 0.470. The number of methoxy groups -OCH3 is 2. The van der Waals surface area contributed by atoms with Gasteiger partial charge in [0.25, 0.3) is 5.91 Å². The molecule has 0 unspecified atom stereocenters. The van der Waals surface area contributed by atoms with Gasteiger partial charge in [-0.1, -0.05) is 6.08 Å². The largest absolute Gasteiger partial charge is 0.465 e. The summed E-state index contributed by atoms with van der Waals surface area (Å²) in [7, 11) is 2.39. The first-order valence-corrected chi connectivity index (χ1v) is 7.56. The van der Waals surface area contributed by atoms with Gasteiger partial charge >= 0.3 is 17.9 Å². The molecule has 0 saturated heterocycles. The van der Waals surface area contributed by atoms with Gasteiger partial charge in [0, 0.05) is 6.08 Å². The van der Waals surface area contributed by atoms with E-state index in [0.717, 1.165) is 17.4 Å². The highest BCUT2D eigenvalue weighted by Crippen LogP contribution is 2.34. The minimum absolute atomic E-state index is 0.0519. The second-order valence-corrected chi connectivity index (χ2v) is 5.42. The molecule has 0 fully saturated rings. The van der Waals surface area contributed by atoms with Gasteiger partial charge in [-0.2, -0.15) is 0 Å². The average Bonchev–Trinajstić information content (AvgIpc) is 2.88. The number of ether oxygens (including phenoxy) is 3. The third kappa shape index (κ3) is 4.66. The second kappa shape index (κ2) is 8.82. The molecule has 0 radical (unpaired) electrons. The highest BCUT2D eigenvalue weighted by molar-refractivity contribution is 7.18. The van der Waals surface area contributed by atoms with Crippen molar-refractivity contribution in [2.75, 3.05) is 26.1 Å².